The quantitative estimate of drug-likeness (QED) is 0.287. The molecule has 0 aliphatic heterocycles. The summed E-state index contributed by atoms with van der Waals surface area (Å²) < 4.78 is 26.1. The van der Waals surface area contributed by atoms with Gasteiger partial charge in [-0.25, -0.2) is 4.39 Å². The first-order valence-corrected chi connectivity index (χ1v) is 14.0. The highest BCUT2D eigenvalue weighted by Gasteiger charge is 2.32. The van der Waals surface area contributed by atoms with Gasteiger partial charge in [0.15, 0.2) is 11.6 Å². The second-order valence-electron chi connectivity index (χ2n) is 11.5. The molecule has 3 aromatic rings. The maximum absolute atomic E-state index is 14.9. The number of halogens is 1. The summed E-state index contributed by atoms with van der Waals surface area (Å²) in [5, 5.41) is 16.8. The van der Waals surface area contributed by atoms with E-state index in [1.165, 1.54) is 13.2 Å². The lowest BCUT2D eigenvalue weighted by molar-refractivity contribution is -0.143. The van der Waals surface area contributed by atoms with Crippen molar-refractivity contribution >= 4 is 34.2 Å². The molecule has 0 spiro atoms. The van der Waals surface area contributed by atoms with Crippen LogP contribution in [0, 0.1) is 17.2 Å². The van der Waals surface area contributed by atoms with Crippen LogP contribution in [0.1, 0.15) is 72.6 Å². The fourth-order valence-corrected chi connectivity index (χ4v) is 5.65. The van der Waals surface area contributed by atoms with Crippen molar-refractivity contribution in [3.63, 3.8) is 0 Å². The summed E-state index contributed by atoms with van der Waals surface area (Å²) in [6, 6.07) is 13.5. The van der Waals surface area contributed by atoms with E-state index in [1.807, 2.05) is 24.3 Å². The standard InChI is InChI=1S/C32H35FN2O6/c1-32(12-5-13-32)18-34-29(36)23-14-20-6-3-4-7-21(20)15-26(23)35-30(37)24-16-28(25(33)17-27(24)40-2)41-22-10-8-19(9-11-22)31(38)39/h3-4,6-7,14-17,19,22H,5,8-13,18H2,1-2H3,(H,34,36)(H,35,37)(H,38,39). The Labute approximate surface area is 238 Å². The molecule has 41 heavy (non-hydrogen) atoms. The van der Waals surface area contributed by atoms with Crippen molar-refractivity contribution in [3.05, 3.63) is 65.5 Å². The lowest BCUT2D eigenvalue weighted by Gasteiger charge is -2.38. The van der Waals surface area contributed by atoms with Gasteiger partial charge in [-0.3, -0.25) is 14.4 Å². The Morgan fingerprint density at radius 1 is 0.951 bits per heavy atom. The molecular formula is C32H35FN2O6. The van der Waals surface area contributed by atoms with Gasteiger partial charge in [0.2, 0.25) is 0 Å². The lowest BCUT2D eigenvalue weighted by atomic mass is 9.70. The summed E-state index contributed by atoms with van der Waals surface area (Å²) in [6.07, 6.45) is 4.73. The van der Waals surface area contributed by atoms with Crippen LogP contribution in [0.4, 0.5) is 10.1 Å². The van der Waals surface area contributed by atoms with Crippen LogP contribution in [0.2, 0.25) is 0 Å². The topological polar surface area (TPSA) is 114 Å². The van der Waals surface area contributed by atoms with Crippen LogP contribution in [0.5, 0.6) is 11.5 Å². The van der Waals surface area contributed by atoms with Crippen LogP contribution in [0.15, 0.2) is 48.5 Å². The molecule has 5 rings (SSSR count). The minimum atomic E-state index is -0.836. The average molecular weight is 563 g/mol. The molecule has 2 aliphatic rings. The number of hydrogen-bond acceptors (Lipinski definition) is 5. The number of carbonyl (C=O) groups excluding carboxylic acids is 2. The maximum atomic E-state index is 14.9. The number of carboxylic acids is 1. The van der Waals surface area contributed by atoms with Crippen LogP contribution in [-0.4, -0.2) is 42.6 Å². The van der Waals surface area contributed by atoms with Crippen molar-refractivity contribution in [2.75, 3.05) is 19.0 Å². The van der Waals surface area contributed by atoms with E-state index >= 15 is 0 Å². The molecule has 0 saturated heterocycles. The zero-order valence-electron chi connectivity index (χ0n) is 23.3. The fraction of sp³-hybridized carbons (Fsp3) is 0.406. The van der Waals surface area contributed by atoms with Gasteiger partial charge in [0.1, 0.15) is 5.75 Å². The van der Waals surface area contributed by atoms with Crippen molar-refractivity contribution in [1.29, 1.82) is 0 Å². The number of amides is 2. The van der Waals surface area contributed by atoms with Crippen LogP contribution in [0.25, 0.3) is 10.8 Å². The number of fused-ring (bicyclic) bond motifs is 1. The van der Waals surface area contributed by atoms with Crippen molar-refractivity contribution < 1.29 is 33.4 Å². The van der Waals surface area contributed by atoms with E-state index in [0.29, 0.717) is 43.5 Å². The van der Waals surface area contributed by atoms with Gasteiger partial charge in [-0.2, -0.15) is 0 Å². The molecule has 0 aromatic heterocycles. The fourth-order valence-electron chi connectivity index (χ4n) is 5.65. The van der Waals surface area contributed by atoms with E-state index in [9.17, 15) is 23.9 Å². The highest BCUT2D eigenvalue weighted by atomic mass is 19.1. The molecule has 2 fully saturated rings. The summed E-state index contributed by atoms with van der Waals surface area (Å²) in [7, 11) is 1.34. The van der Waals surface area contributed by atoms with Gasteiger partial charge < -0.3 is 25.2 Å². The molecule has 2 saturated carbocycles. The average Bonchev–Trinajstić information content (AvgIpc) is 2.95. The summed E-state index contributed by atoms with van der Waals surface area (Å²) in [4.78, 5) is 38.2. The molecule has 0 atom stereocenters. The SMILES string of the molecule is COc1cc(F)c(OC2CCC(C(=O)O)CC2)cc1C(=O)Nc1cc2ccccc2cc1C(=O)NCC1(C)CCC1. The third-order valence-electron chi connectivity index (χ3n) is 8.43. The number of rotatable bonds is 9. The van der Waals surface area contributed by atoms with E-state index in [2.05, 4.69) is 17.6 Å². The Balaban J connectivity index is 1.40. The number of anilines is 1. The smallest absolute Gasteiger partial charge is 0.306 e. The number of ether oxygens (including phenoxy) is 2. The predicted octanol–water partition coefficient (Wildman–Crippen LogP) is 6.18. The molecule has 216 valence electrons. The first-order chi connectivity index (χ1) is 19.7. The van der Waals surface area contributed by atoms with Gasteiger partial charge in [-0.15, -0.1) is 0 Å². The summed E-state index contributed by atoms with van der Waals surface area (Å²) in [5.41, 5.74) is 0.781. The lowest BCUT2D eigenvalue weighted by Crippen LogP contribution is -2.40. The van der Waals surface area contributed by atoms with E-state index < -0.39 is 23.6 Å². The minimum absolute atomic E-state index is 0.0200. The highest BCUT2D eigenvalue weighted by Crippen LogP contribution is 2.39. The largest absolute Gasteiger partial charge is 0.496 e. The number of aliphatic carboxylic acids is 1. The molecular weight excluding hydrogens is 527 g/mol. The molecule has 2 aliphatic carbocycles. The number of carboxylic acid groups (broad SMARTS) is 1. The monoisotopic (exact) mass is 562 g/mol. The van der Waals surface area contributed by atoms with Crippen molar-refractivity contribution in [2.45, 2.75) is 58.0 Å². The highest BCUT2D eigenvalue weighted by molar-refractivity contribution is 6.12. The van der Waals surface area contributed by atoms with E-state index in [1.54, 1.807) is 12.1 Å². The molecule has 3 N–H and O–H groups in total. The van der Waals surface area contributed by atoms with Crippen molar-refractivity contribution in [2.24, 2.45) is 11.3 Å². The second kappa shape index (κ2) is 11.8. The van der Waals surface area contributed by atoms with Gasteiger partial charge in [0.05, 0.1) is 35.9 Å². The third-order valence-corrected chi connectivity index (χ3v) is 8.43. The number of methoxy groups -OCH3 is 1. The first kappa shape index (κ1) is 28.4. The van der Waals surface area contributed by atoms with Crippen LogP contribution in [0.3, 0.4) is 0 Å². The molecule has 0 radical (unpaired) electrons. The normalized spacial score (nSPS) is 19.6. The van der Waals surface area contributed by atoms with Crippen molar-refractivity contribution in [1.82, 2.24) is 5.32 Å². The minimum Gasteiger partial charge on any atom is -0.496 e. The summed E-state index contributed by atoms with van der Waals surface area (Å²) >= 11 is 0. The Kier molecular flexibility index (Phi) is 8.15. The molecule has 0 bridgehead atoms. The van der Waals surface area contributed by atoms with E-state index in [4.69, 9.17) is 9.47 Å². The predicted molar refractivity (Wildman–Crippen MR) is 153 cm³/mol. The Bertz CT molecular complexity index is 1480. The number of benzene rings is 3. The van der Waals surface area contributed by atoms with Gasteiger partial charge >= 0.3 is 5.97 Å². The van der Waals surface area contributed by atoms with Gasteiger partial charge in [0.25, 0.3) is 11.8 Å². The number of carbonyl (C=O) groups is 3. The van der Waals surface area contributed by atoms with Gasteiger partial charge in [-0.1, -0.05) is 37.6 Å². The second-order valence-corrected chi connectivity index (χ2v) is 11.5. The summed E-state index contributed by atoms with van der Waals surface area (Å²) in [6.45, 7) is 2.70. The molecule has 0 unspecified atom stereocenters. The van der Waals surface area contributed by atoms with Crippen LogP contribution >= 0.6 is 0 Å². The Morgan fingerprint density at radius 2 is 1.63 bits per heavy atom. The Hall–Kier alpha value is -4.14. The molecule has 0 heterocycles. The number of hydrogen-bond donors (Lipinski definition) is 3. The first-order valence-electron chi connectivity index (χ1n) is 14.0. The van der Waals surface area contributed by atoms with E-state index in [-0.39, 0.29) is 34.5 Å². The zero-order chi connectivity index (χ0) is 29.1. The van der Waals surface area contributed by atoms with Gasteiger partial charge in [-0.05, 0) is 72.9 Å². The number of nitrogens with one attached hydrogen (secondary N) is 2. The van der Waals surface area contributed by atoms with Gasteiger partial charge in [0, 0.05) is 12.6 Å². The molecule has 9 heteroatoms. The third kappa shape index (κ3) is 6.29. The molecule has 8 nitrogen and oxygen atoms in total. The summed E-state index contributed by atoms with van der Waals surface area (Å²) in [5.74, 6) is -2.91. The molecule has 3 aromatic carbocycles. The molecule has 2 amide bonds. The maximum Gasteiger partial charge on any atom is 0.306 e. The van der Waals surface area contributed by atoms with Crippen molar-refractivity contribution in [3.8, 4) is 11.5 Å². The van der Waals surface area contributed by atoms with Crippen LogP contribution < -0.4 is 20.1 Å². The Morgan fingerprint density at radius 3 is 2.24 bits per heavy atom. The van der Waals surface area contributed by atoms with Crippen LogP contribution in [-0.2, 0) is 4.79 Å². The van der Waals surface area contributed by atoms with E-state index in [0.717, 1.165) is 36.1 Å². The zero-order valence-corrected chi connectivity index (χ0v) is 23.3.